The lowest BCUT2D eigenvalue weighted by molar-refractivity contribution is -0.163. The first kappa shape index (κ1) is 38.3. The Kier molecular flexibility index (Phi) is 13.1. The quantitative estimate of drug-likeness (QED) is 0.0509. The zero-order valence-electron chi connectivity index (χ0n) is 30.5. The second-order valence-corrected chi connectivity index (χ2v) is 13.1. The summed E-state index contributed by atoms with van der Waals surface area (Å²) >= 11 is 0. The van der Waals surface area contributed by atoms with Gasteiger partial charge < -0.3 is 23.8 Å². The molecule has 10 heteroatoms. The lowest BCUT2D eigenvalue weighted by Crippen LogP contribution is -2.43. The van der Waals surface area contributed by atoms with Gasteiger partial charge >= 0.3 is 5.97 Å². The molecule has 1 atom stereocenters. The molecule has 1 aliphatic rings. The fourth-order valence-corrected chi connectivity index (χ4v) is 6.84. The minimum atomic E-state index is -1.05. The highest BCUT2D eigenvalue weighted by atomic mass is 19.1. The third kappa shape index (κ3) is 9.75. The van der Waals surface area contributed by atoms with Gasteiger partial charge in [-0.3, -0.25) is 9.59 Å². The van der Waals surface area contributed by atoms with Gasteiger partial charge in [0, 0.05) is 25.2 Å². The predicted molar refractivity (Wildman–Crippen MR) is 200 cm³/mol. The van der Waals surface area contributed by atoms with Crippen molar-refractivity contribution in [2.45, 2.75) is 52.0 Å². The number of ether oxygens (including phenoxy) is 4. The Hall–Kier alpha value is -5.45. The molecule has 0 aliphatic heterocycles. The minimum absolute atomic E-state index is 0.0331. The Morgan fingerprint density at radius 3 is 2.11 bits per heavy atom. The van der Waals surface area contributed by atoms with Gasteiger partial charge in [-0.05, 0) is 71.8 Å². The molecule has 280 valence electrons. The standard InChI is InChI=1S/C44H44F2N2O6/c1-3-51-43(52-4-2)27-48(26-33-15-12-20-41(46)47-33)44(50)32(23-31-21-22-34(25-40(31)45)53-28-30-13-6-5-7-14-30)24-42(49)54-29-39-37-18-10-8-16-35(37)36-17-9-11-19-38(36)39/h5-22,25,32,39,43H,3-4,23-24,26-29H2,1-2H3/t32-/m1/s1. The molecule has 1 aromatic heterocycles. The van der Waals surface area contributed by atoms with Crippen LogP contribution in [0.1, 0.15) is 54.1 Å². The van der Waals surface area contributed by atoms with E-state index in [0.29, 0.717) is 24.7 Å². The highest BCUT2D eigenvalue weighted by Gasteiger charge is 2.33. The van der Waals surface area contributed by atoms with Crippen molar-refractivity contribution in [2.75, 3.05) is 26.4 Å². The lowest BCUT2D eigenvalue weighted by Gasteiger charge is -2.30. The Labute approximate surface area is 314 Å². The monoisotopic (exact) mass is 734 g/mol. The Bertz CT molecular complexity index is 1970. The number of carbonyl (C=O) groups excluding carboxylic acids is 2. The van der Waals surface area contributed by atoms with Crippen molar-refractivity contribution in [3.8, 4) is 16.9 Å². The molecule has 0 unspecified atom stereocenters. The van der Waals surface area contributed by atoms with Crippen LogP contribution in [0.5, 0.6) is 5.75 Å². The predicted octanol–water partition coefficient (Wildman–Crippen LogP) is 8.27. The van der Waals surface area contributed by atoms with E-state index in [1.807, 2.05) is 80.6 Å². The Balaban J connectivity index is 1.25. The largest absolute Gasteiger partial charge is 0.489 e. The highest BCUT2D eigenvalue weighted by molar-refractivity contribution is 5.84. The van der Waals surface area contributed by atoms with Crippen LogP contribution in [0.4, 0.5) is 8.78 Å². The van der Waals surface area contributed by atoms with E-state index < -0.39 is 35.8 Å². The second-order valence-electron chi connectivity index (χ2n) is 13.1. The normalized spacial score (nSPS) is 12.6. The van der Waals surface area contributed by atoms with Gasteiger partial charge in [0.1, 0.15) is 24.8 Å². The van der Waals surface area contributed by atoms with Crippen molar-refractivity contribution >= 4 is 11.9 Å². The first-order valence-electron chi connectivity index (χ1n) is 18.2. The number of pyridine rings is 1. The average Bonchev–Trinajstić information content (AvgIpc) is 3.50. The van der Waals surface area contributed by atoms with E-state index in [4.69, 9.17) is 18.9 Å². The number of hydrogen-bond donors (Lipinski definition) is 0. The van der Waals surface area contributed by atoms with E-state index in [-0.39, 0.29) is 50.6 Å². The molecule has 0 radical (unpaired) electrons. The van der Waals surface area contributed by atoms with E-state index in [2.05, 4.69) is 17.1 Å². The number of halogens is 2. The number of fused-ring (bicyclic) bond motifs is 3. The molecule has 0 spiro atoms. The summed E-state index contributed by atoms with van der Waals surface area (Å²) in [7, 11) is 0. The van der Waals surface area contributed by atoms with Gasteiger partial charge in [-0.25, -0.2) is 9.37 Å². The van der Waals surface area contributed by atoms with Crippen LogP contribution in [0.15, 0.2) is 115 Å². The fourth-order valence-electron chi connectivity index (χ4n) is 6.84. The number of amides is 1. The van der Waals surface area contributed by atoms with Crippen LogP contribution < -0.4 is 4.74 Å². The maximum absolute atomic E-state index is 15.8. The van der Waals surface area contributed by atoms with Crippen LogP contribution in [-0.4, -0.2) is 54.4 Å². The van der Waals surface area contributed by atoms with E-state index in [0.717, 1.165) is 27.8 Å². The van der Waals surface area contributed by atoms with E-state index in [9.17, 15) is 14.0 Å². The molecule has 0 bridgehead atoms. The SMILES string of the molecule is CCOC(CN(Cc1cccc(F)n1)C(=O)[C@@H](CC(=O)OCC1c2ccccc2-c2ccccc21)Cc1ccc(OCc2ccccc2)cc1F)OCC. The summed E-state index contributed by atoms with van der Waals surface area (Å²) in [5.41, 5.74) is 5.75. The molecular formula is C44H44F2N2O6. The van der Waals surface area contributed by atoms with Gasteiger partial charge in [-0.2, -0.15) is 4.39 Å². The van der Waals surface area contributed by atoms with Crippen LogP contribution >= 0.6 is 0 Å². The van der Waals surface area contributed by atoms with Gasteiger partial charge in [-0.15, -0.1) is 0 Å². The van der Waals surface area contributed by atoms with E-state index in [1.54, 1.807) is 18.2 Å². The van der Waals surface area contributed by atoms with Gasteiger partial charge in [0.05, 0.1) is 31.1 Å². The molecule has 0 saturated carbocycles. The Morgan fingerprint density at radius 2 is 1.46 bits per heavy atom. The third-order valence-electron chi connectivity index (χ3n) is 9.39. The first-order chi connectivity index (χ1) is 26.3. The van der Waals surface area contributed by atoms with Gasteiger partial charge in [0.25, 0.3) is 0 Å². The maximum atomic E-state index is 15.8. The van der Waals surface area contributed by atoms with Crippen molar-refractivity contribution < 1.29 is 37.3 Å². The number of hydrogen-bond acceptors (Lipinski definition) is 7. The molecule has 0 fully saturated rings. The smallest absolute Gasteiger partial charge is 0.306 e. The van der Waals surface area contributed by atoms with Crippen molar-refractivity contribution in [2.24, 2.45) is 5.92 Å². The summed E-state index contributed by atoms with van der Waals surface area (Å²) in [6, 6.07) is 34.4. The van der Waals surface area contributed by atoms with Crippen molar-refractivity contribution in [1.29, 1.82) is 0 Å². The molecule has 4 aromatic carbocycles. The summed E-state index contributed by atoms with van der Waals surface area (Å²) in [4.78, 5) is 33.7. The number of benzene rings is 4. The molecule has 54 heavy (non-hydrogen) atoms. The minimum Gasteiger partial charge on any atom is -0.489 e. The van der Waals surface area contributed by atoms with Crippen molar-refractivity contribution in [3.05, 3.63) is 155 Å². The summed E-state index contributed by atoms with van der Waals surface area (Å²) in [6.07, 6.45) is -1.25. The molecule has 8 nitrogen and oxygen atoms in total. The molecule has 1 aliphatic carbocycles. The first-order valence-corrected chi connectivity index (χ1v) is 18.2. The maximum Gasteiger partial charge on any atom is 0.306 e. The van der Waals surface area contributed by atoms with E-state index in [1.165, 1.54) is 23.1 Å². The van der Waals surface area contributed by atoms with Crippen molar-refractivity contribution in [1.82, 2.24) is 9.88 Å². The molecule has 5 aromatic rings. The molecule has 6 rings (SSSR count). The molecular weight excluding hydrogens is 690 g/mol. The number of carbonyl (C=O) groups is 2. The second kappa shape index (κ2) is 18.5. The van der Waals surface area contributed by atoms with Crippen LogP contribution in [0.3, 0.4) is 0 Å². The fraction of sp³-hybridized carbons (Fsp3) is 0.295. The van der Waals surface area contributed by atoms with Gasteiger partial charge in [-0.1, -0.05) is 91.0 Å². The topological polar surface area (TPSA) is 87.2 Å². The van der Waals surface area contributed by atoms with Crippen LogP contribution in [-0.2, 0) is 43.4 Å². The molecule has 0 N–H and O–H groups in total. The van der Waals surface area contributed by atoms with Gasteiger partial charge in [0.15, 0.2) is 6.29 Å². The summed E-state index contributed by atoms with van der Waals surface area (Å²) in [5.74, 6) is -3.26. The molecule has 0 saturated heterocycles. The average molecular weight is 735 g/mol. The van der Waals surface area contributed by atoms with Gasteiger partial charge in [0.2, 0.25) is 11.9 Å². The number of rotatable bonds is 18. The Morgan fingerprint density at radius 1 is 0.796 bits per heavy atom. The zero-order valence-corrected chi connectivity index (χ0v) is 30.5. The number of esters is 1. The summed E-state index contributed by atoms with van der Waals surface area (Å²) in [5, 5.41) is 0. The van der Waals surface area contributed by atoms with Crippen molar-refractivity contribution in [3.63, 3.8) is 0 Å². The zero-order chi connectivity index (χ0) is 37.9. The summed E-state index contributed by atoms with van der Waals surface area (Å²) < 4.78 is 53.2. The van der Waals surface area contributed by atoms with Crippen LogP contribution in [0.25, 0.3) is 11.1 Å². The molecule has 1 heterocycles. The highest BCUT2D eigenvalue weighted by Crippen LogP contribution is 2.44. The number of nitrogens with zero attached hydrogens (tertiary/aromatic N) is 2. The summed E-state index contributed by atoms with van der Waals surface area (Å²) in [6.45, 7) is 4.45. The molecule has 1 amide bonds. The van der Waals surface area contributed by atoms with Crippen LogP contribution in [0.2, 0.25) is 0 Å². The number of aromatic nitrogens is 1. The van der Waals surface area contributed by atoms with Crippen LogP contribution in [0, 0.1) is 17.7 Å². The van der Waals surface area contributed by atoms with E-state index >= 15 is 4.39 Å². The third-order valence-corrected chi connectivity index (χ3v) is 9.39. The lowest BCUT2D eigenvalue weighted by atomic mass is 9.93.